The molecule has 0 saturated heterocycles. The van der Waals surface area contributed by atoms with E-state index in [-0.39, 0.29) is 11.5 Å². The quantitative estimate of drug-likeness (QED) is 0.696. The summed E-state index contributed by atoms with van der Waals surface area (Å²) in [6.45, 7) is 5.29. The summed E-state index contributed by atoms with van der Waals surface area (Å²) in [6.07, 6.45) is 9.33. The van der Waals surface area contributed by atoms with Gasteiger partial charge in [-0.3, -0.25) is 0 Å². The van der Waals surface area contributed by atoms with Crippen molar-refractivity contribution in [3.05, 3.63) is 35.2 Å². The molecule has 3 nitrogen and oxygen atoms in total. The second kappa shape index (κ2) is 4.57. The van der Waals surface area contributed by atoms with Gasteiger partial charge in [0.25, 0.3) is 0 Å². The summed E-state index contributed by atoms with van der Waals surface area (Å²) in [6, 6.07) is 0.195. The molecule has 1 saturated carbocycles. The van der Waals surface area contributed by atoms with Gasteiger partial charge in [-0.1, -0.05) is 19.1 Å². The summed E-state index contributed by atoms with van der Waals surface area (Å²) in [5, 5.41) is 3.39. The summed E-state index contributed by atoms with van der Waals surface area (Å²) in [5.74, 6) is 0. The second-order valence-electron chi connectivity index (χ2n) is 5.35. The van der Waals surface area contributed by atoms with E-state index in [0.29, 0.717) is 0 Å². The number of fused-ring (bicyclic) bond motifs is 1. The highest BCUT2D eigenvalue weighted by Crippen LogP contribution is 2.49. The highest BCUT2D eigenvalue weighted by molar-refractivity contribution is 5.44. The third kappa shape index (κ3) is 2.25. The maximum Gasteiger partial charge on any atom is 0.0331 e. The molecule has 0 aromatic heterocycles. The van der Waals surface area contributed by atoms with Crippen LogP contribution in [-0.4, -0.2) is 12.6 Å². The van der Waals surface area contributed by atoms with E-state index in [1.54, 1.807) is 6.20 Å². The van der Waals surface area contributed by atoms with Crippen LogP contribution in [0.5, 0.6) is 0 Å². The standard InChI is InChI=1S/C14H23N3/c1-3-17-13(9-15)14(2)7-10-4-5-12(16)6-11(10)8-14/h4,6,9,12,17H,3,5,7-8,15-16H2,1-2H3/b13-9-. The fraction of sp³-hybridized carbons (Fsp3) is 0.571. The molecule has 0 amide bonds. The molecule has 2 aliphatic rings. The molecule has 0 heterocycles. The van der Waals surface area contributed by atoms with E-state index in [1.807, 2.05) is 0 Å². The molecular formula is C14H23N3. The van der Waals surface area contributed by atoms with E-state index in [2.05, 4.69) is 31.3 Å². The fourth-order valence-electron chi connectivity index (χ4n) is 2.96. The molecule has 2 unspecified atom stereocenters. The Morgan fingerprint density at radius 1 is 1.53 bits per heavy atom. The lowest BCUT2D eigenvalue weighted by molar-refractivity contribution is 0.402. The monoisotopic (exact) mass is 233 g/mol. The molecule has 0 aromatic rings. The zero-order valence-corrected chi connectivity index (χ0v) is 10.8. The van der Waals surface area contributed by atoms with E-state index < -0.39 is 0 Å². The van der Waals surface area contributed by atoms with Gasteiger partial charge in [-0.25, -0.2) is 0 Å². The number of hydrogen-bond acceptors (Lipinski definition) is 3. The van der Waals surface area contributed by atoms with Gasteiger partial charge in [0.1, 0.15) is 0 Å². The van der Waals surface area contributed by atoms with Gasteiger partial charge in [0.15, 0.2) is 0 Å². The Morgan fingerprint density at radius 2 is 2.24 bits per heavy atom. The lowest BCUT2D eigenvalue weighted by Crippen LogP contribution is -2.28. The van der Waals surface area contributed by atoms with Crippen molar-refractivity contribution in [3.63, 3.8) is 0 Å². The molecule has 3 heteroatoms. The van der Waals surface area contributed by atoms with Crippen molar-refractivity contribution < 1.29 is 0 Å². The van der Waals surface area contributed by atoms with Gasteiger partial charge in [0.05, 0.1) is 0 Å². The van der Waals surface area contributed by atoms with E-state index in [1.165, 1.54) is 11.1 Å². The van der Waals surface area contributed by atoms with Gasteiger partial charge in [-0.05, 0) is 37.3 Å². The third-order valence-electron chi connectivity index (χ3n) is 3.81. The smallest absolute Gasteiger partial charge is 0.0331 e. The van der Waals surface area contributed by atoms with Crippen LogP contribution in [0.1, 0.15) is 33.1 Å². The molecule has 2 rings (SSSR count). The highest BCUT2D eigenvalue weighted by atomic mass is 14.9. The Kier molecular flexibility index (Phi) is 3.29. The Labute approximate surface area is 104 Å². The highest BCUT2D eigenvalue weighted by Gasteiger charge is 2.38. The van der Waals surface area contributed by atoms with Crippen molar-refractivity contribution in [3.8, 4) is 0 Å². The first-order valence-corrected chi connectivity index (χ1v) is 6.41. The van der Waals surface area contributed by atoms with Crippen molar-refractivity contribution in [2.24, 2.45) is 16.9 Å². The molecule has 0 bridgehead atoms. The average Bonchev–Trinajstić information content (AvgIpc) is 2.62. The summed E-state index contributed by atoms with van der Waals surface area (Å²) in [5.41, 5.74) is 15.9. The largest absolute Gasteiger partial charge is 0.403 e. The minimum atomic E-state index is 0.118. The summed E-state index contributed by atoms with van der Waals surface area (Å²) in [7, 11) is 0. The van der Waals surface area contributed by atoms with Crippen LogP contribution in [-0.2, 0) is 0 Å². The van der Waals surface area contributed by atoms with Gasteiger partial charge in [0, 0.05) is 29.9 Å². The van der Waals surface area contributed by atoms with Crippen molar-refractivity contribution in [1.82, 2.24) is 5.32 Å². The van der Waals surface area contributed by atoms with Crippen LogP contribution in [0.3, 0.4) is 0 Å². The van der Waals surface area contributed by atoms with Gasteiger partial charge < -0.3 is 16.8 Å². The predicted molar refractivity (Wildman–Crippen MR) is 72.0 cm³/mol. The van der Waals surface area contributed by atoms with Crippen molar-refractivity contribution in [1.29, 1.82) is 0 Å². The Balaban J connectivity index is 2.23. The zero-order valence-electron chi connectivity index (χ0n) is 10.8. The van der Waals surface area contributed by atoms with Crippen molar-refractivity contribution >= 4 is 0 Å². The van der Waals surface area contributed by atoms with E-state index in [9.17, 15) is 0 Å². The first-order chi connectivity index (χ1) is 8.09. The summed E-state index contributed by atoms with van der Waals surface area (Å²) >= 11 is 0. The Hall–Kier alpha value is -1.22. The number of hydrogen-bond donors (Lipinski definition) is 3. The normalized spacial score (nSPS) is 32.9. The molecule has 0 spiro atoms. The van der Waals surface area contributed by atoms with Gasteiger partial charge in [-0.15, -0.1) is 0 Å². The van der Waals surface area contributed by atoms with Crippen molar-refractivity contribution in [2.75, 3.05) is 6.54 Å². The Morgan fingerprint density at radius 3 is 2.88 bits per heavy atom. The molecular weight excluding hydrogens is 210 g/mol. The first-order valence-electron chi connectivity index (χ1n) is 6.41. The maximum atomic E-state index is 5.97. The number of rotatable bonds is 3. The van der Waals surface area contributed by atoms with Crippen LogP contribution in [0, 0.1) is 5.41 Å². The number of nitrogens with two attached hydrogens (primary N) is 2. The molecule has 2 aliphatic carbocycles. The van der Waals surface area contributed by atoms with E-state index >= 15 is 0 Å². The van der Waals surface area contributed by atoms with E-state index in [0.717, 1.165) is 31.5 Å². The summed E-state index contributed by atoms with van der Waals surface area (Å²) < 4.78 is 0. The van der Waals surface area contributed by atoms with Gasteiger partial charge in [0.2, 0.25) is 0 Å². The third-order valence-corrected chi connectivity index (χ3v) is 3.81. The minimum absolute atomic E-state index is 0.118. The second-order valence-corrected chi connectivity index (χ2v) is 5.35. The van der Waals surface area contributed by atoms with Crippen LogP contribution < -0.4 is 16.8 Å². The van der Waals surface area contributed by atoms with Gasteiger partial charge >= 0.3 is 0 Å². The van der Waals surface area contributed by atoms with Crippen LogP contribution in [0.25, 0.3) is 0 Å². The van der Waals surface area contributed by atoms with E-state index in [4.69, 9.17) is 11.5 Å². The molecule has 17 heavy (non-hydrogen) atoms. The zero-order chi connectivity index (χ0) is 12.5. The molecule has 2 atom stereocenters. The fourth-order valence-corrected chi connectivity index (χ4v) is 2.96. The predicted octanol–water partition coefficient (Wildman–Crippen LogP) is 1.78. The molecule has 1 fully saturated rings. The van der Waals surface area contributed by atoms with Crippen LogP contribution in [0.2, 0.25) is 0 Å². The van der Waals surface area contributed by atoms with Crippen LogP contribution >= 0.6 is 0 Å². The Bertz CT molecular complexity index is 392. The molecule has 94 valence electrons. The number of nitrogens with one attached hydrogen (secondary N) is 1. The molecule has 0 aliphatic heterocycles. The number of allylic oxidation sites excluding steroid dienone is 3. The van der Waals surface area contributed by atoms with Crippen molar-refractivity contribution in [2.45, 2.75) is 39.2 Å². The average molecular weight is 233 g/mol. The minimum Gasteiger partial charge on any atom is -0.403 e. The molecule has 0 radical (unpaired) electrons. The SMILES string of the molecule is CCN/C(=C\N)C1(C)CC2=CCC(N)C=C2C1. The molecule has 5 N–H and O–H groups in total. The van der Waals surface area contributed by atoms with Gasteiger partial charge in [-0.2, -0.15) is 0 Å². The van der Waals surface area contributed by atoms with Crippen LogP contribution in [0.4, 0.5) is 0 Å². The first kappa shape index (κ1) is 12.2. The lowest BCUT2D eigenvalue weighted by Gasteiger charge is -2.27. The topological polar surface area (TPSA) is 64.1 Å². The maximum absolute atomic E-state index is 5.97. The molecule has 0 aromatic carbocycles. The lowest BCUT2D eigenvalue weighted by atomic mass is 9.84. The summed E-state index contributed by atoms with van der Waals surface area (Å²) in [4.78, 5) is 0. The van der Waals surface area contributed by atoms with Crippen LogP contribution in [0.15, 0.2) is 35.2 Å².